The van der Waals surface area contributed by atoms with Gasteiger partial charge in [0.15, 0.2) is 5.11 Å². The van der Waals surface area contributed by atoms with E-state index in [9.17, 15) is 4.79 Å². The second-order valence-corrected chi connectivity index (χ2v) is 7.77. The highest BCUT2D eigenvalue weighted by molar-refractivity contribution is 14.1. The zero-order valence-electron chi connectivity index (χ0n) is 15.4. The molecule has 6 nitrogen and oxygen atoms in total. The fourth-order valence-corrected chi connectivity index (χ4v) is 3.73. The molecule has 1 saturated heterocycles. The van der Waals surface area contributed by atoms with Gasteiger partial charge < -0.3 is 19.5 Å². The van der Waals surface area contributed by atoms with E-state index >= 15 is 0 Å². The van der Waals surface area contributed by atoms with E-state index in [-0.39, 0.29) is 17.1 Å². The summed E-state index contributed by atoms with van der Waals surface area (Å²) in [6, 6.07) is 12.6. The van der Waals surface area contributed by atoms with Crippen molar-refractivity contribution in [3.63, 3.8) is 0 Å². The fourth-order valence-electron chi connectivity index (χ4n) is 2.79. The van der Waals surface area contributed by atoms with Crippen LogP contribution < -0.4 is 20.1 Å². The van der Waals surface area contributed by atoms with Crippen LogP contribution in [-0.2, 0) is 4.74 Å². The molecule has 1 heterocycles. The highest BCUT2D eigenvalue weighted by atomic mass is 127. The van der Waals surface area contributed by atoms with E-state index in [0.29, 0.717) is 23.6 Å². The molecule has 1 amide bonds. The highest BCUT2D eigenvalue weighted by Gasteiger charge is 2.17. The van der Waals surface area contributed by atoms with E-state index in [1.54, 1.807) is 25.3 Å². The Kier molecular flexibility index (Phi) is 7.46. The molecule has 0 radical (unpaired) electrons. The van der Waals surface area contributed by atoms with Crippen LogP contribution in [0.4, 0.5) is 5.69 Å². The van der Waals surface area contributed by atoms with Crippen molar-refractivity contribution in [1.82, 2.24) is 5.32 Å². The molecule has 2 aromatic carbocycles. The number of nitrogens with one attached hydrogen (secondary N) is 2. The molecular formula is C20H21IN2O4S. The van der Waals surface area contributed by atoms with Crippen LogP contribution in [0.2, 0.25) is 0 Å². The number of benzene rings is 2. The highest BCUT2D eigenvalue weighted by Crippen LogP contribution is 2.25. The average molecular weight is 512 g/mol. The molecule has 1 aliphatic heterocycles. The van der Waals surface area contributed by atoms with Gasteiger partial charge in [-0.3, -0.25) is 10.1 Å². The second-order valence-electron chi connectivity index (χ2n) is 6.20. The number of thiocarbonyl (C=S) groups is 1. The minimum Gasteiger partial charge on any atom is -0.496 e. The number of hydrogen-bond donors (Lipinski definition) is 2. The van der Waals surface area contributed by atoms with Crippen LogP contribution in [0.15, 0.2) is 42.5 Å². The van der Waals surface area contributed by atoms with Crippen molar-refractivity contribution in [1.29, 1.82) is 0 Å². The summed E-state index contributed by atoms with van der Waals surface area (Å²) in [6.07, 6.45) is 2.19. The lowest BCUT2D eigenvalue weighted by molar-refractivity contribution is 0.0682. The Morgan fingerprint density at radius 2 is 2.11 bits per heavy atom. The van der Waals surface area contributed by atoms with Crippen molar-refractivity contribution in [3.8, 4) is 11.5 Å². The monoisotopic (exact) mass is 512 g/mol. The molecule has 1 atom stereocenters. The summed E-state index contributed by atoms with van der Waals surface area (Å²) in [4.78, 5) is 12.5. The van der Waals surface area contributed by atoms with Crippen molar-refractivity contribution >= 4 is 51.5 Å². The van der Waals surface area contributed by atoms with Gasteiger partial charge >= 0.3 is 0 Å². The van der Waals surface area contributed by atoms with Crippen molar-refractivity contribution in [3.05, 3.63) is 51.6 Å². The van der Waals surface area contributed by atoms with Crippen molar-refractivity contribution < 1.29 is 19.0 Å². The molecule has 0 bridgehead atoms. The lowest BCUT2D eigenvalue weighted by Gasteiger charge is -2.16. The zero-order chi connectivity index (χ0) is 19.9. The van der Waals surface area contributed by atoms with E-state index in [1.807, 2.05) is 24.3 Å². The summed E-state index contributed by atoms with van der Waals surface area (Å²) in [5.74, 6) is 1.08. The molecule has 0 saturated carbocycles. The van der Waals surface area contributed by atoms with Crippen molar-refractivity contribution in [2.24, 2.45) is 0 Å². The molecule has 1 unspecified atom stereocenters. The van der Waals surface area contributed by atoms with Crippen LogP contribution >= 0.6 is 34.8 Å². The topological polar surface area (TPSA) is 68.8 Å². The van der Waals surface area contributed by atoms with Gasteiger partial charge in [0.1, 0.15) is 18.1 Å². The Labute approximate surface area is 183 Å². The molecule has 3 rings (SSSR count). The van der Waals surface area contributed by atoms with E-state index in [4.69, 9.17) is 26.4 Å². The third-order valence-electron chi connectivity index (χ3n) is 4.23. The molecule has 0 spiro atoms. The number of halogens is 1. The zero-order valence-corrected chi connectivity index (χ0v) is 18.3. The number of methoxy groups -OCH3 is 1. The molecule has 8 heteroatoms. The van der Waals surface area contributed by atoms with E-state index in [1.165, 1.54) is 0 Å². The largest absolute Gasteiger partial charge is 0.496 e. The van der Waals surface area contributed by atoms with Crippen LogP contribution in [0.3, 0.4) is 0 Å². The van der Waals surface area contributed by atoms with Crippen molar-refractivity contribution in [2.45, 2.75) is 18.9 Å². The Morgan fingerprint density at radius 1 is 1.29 bits per heavy atom. The van der Waals surface area contributed by atoms with Crippen LogP contribution in [0.5, 0.6) is 11.5 Å². The third kappa shape index (κ3) is 5.55. The van der Waals surface area contributed by atoms with Gasteiger partial charge in [0.05, 0.1) is 22.5 Å². The van der Waals surface area contributed by atoms with Gasteiger partial charge in [-0.2, -0.15) is 0 Å². The second kappa shape index (κ2) is 10.0. The first-order valence-corrected chi connectivity index (χ1v) is 10.3. The number of amides is 1. The lowest BCUT2D eigenvalue weighted by atomic mass is 10.2. The van der Waals surface area contributed by atoms with Gasteiger partial charge in [0.2, 0.25) is 0 Å². The SMILES string of the molecule is COc1ccc(C(=O)NC(=S)Nc2ccccc2OCC2CCCO2)cc1I. The average Bonchev–Trinajstić information content (AvgIpc) is 3.20. The number of carbonyl (C=O) groups excluding carboxylic acids is 1. The Morgan fingerprint density at radius 3 is 2.82 bits per heavy atom. The summed E-state index contributed by atoms with van der Waals surface area (Å²) in [7, 11) is 1.59. The molecule has 2 N–H and O–H groups in total. The summed E-state index contributed by atoms with van der Waals surface area (Å²) in [5.41, 5.74) is 1.19. The maximum absolute atomic E-state index is 12.5. The maximum atomic E-state index is 12.5. The van der Waals surface area contributed by atoms with Crippen LogP contribution in [0.25, 0.3) is 0 Å². The number of anilines is 1. The number of carbonyl (C=O) groups is 1. The summed E-state index contributed by atoms with van der Waals surface area (Å²) in [5, 5.41) is 5.92. The molecule has 28 heavy (non-hydrogen) atoms. The first-order chi connectivity index (χ1) is 13.6. The molecule has 1 fully saturated rings. The Balaban J connectivity index is 1.59. The summed E-state index contributed by atoms with van der Waals surface area (Å²) >= 11 is 7.42. The van der Waals surface area contributed by atoms with Crippen molar-refractivity contribution in [2.75, 3.05) is 25.6 Å². The van der Waals surface area contributed by atoms with E-state index in [0.717, 1.165) is 28.8 Å². The number of rotatable bonds is 6. The predicted octanol–water partition coefficient (Wildman–Crippen LogP) is 3.98. The Hall–Kier alpha value is -1.91. The smallest absolute Gasteiger partial charge is 0.257 e. The summed E-state index contributed by atoms with van der Waals surface area (Å²) < 4.78 is 17.5. The fraction of sp³-hybridized carbons (Fsp3) is 0.300. The molecule has 2 aromatic rings. The summed E-state index contributed by atoms with van der Waals surface area (Å²) in [6.45, 7) is 1.27. The van der Waals surface area contributed by atoms with Gasteiger partial charge in [0.25, 0.3) is 5.91 Å². The minimum absolute atomic E-state index is 0.122. The number of hydrogen-bond acceptors (Lipinski definition) is 5. The number of para-hydroxylation sites is 2. The van der Waals surface area contributed by atoms with Gasteiger partial charge in [-0.05, 0) is 78.0 Å². The molecule has 1 aliphatic rings. The minimum atomic E-state index is -0.296. The quantitative estimate of drug-likeness (QED) is 0.451. The maximum Gasteiger partial charge on any atom is 0.257 e. The first kappa shape index (κ1) is 20.8. The molecular weight excluding hydrogens is 491 g/mol. The van der Waals surface area contributed by atoms with Crippen LogP contribution in [0, 0.1) is 3.57 Å². The van der Waals surface area contributed by atoms with Crippen LogP contribution in [0.1, 0.15) is 23.2 Å². The Bertz CT molecular complexity index is 856. The number of ether oxygens (including phenoxy) is 3. The van der Waals surface area contributed by atoms with Gasteiger partial charge in [0, 0.05) is 12.2 Å². The standard InChI is InChI=1S/C20H21IN2O4S/c1-25-17-9-8-13(11-15(17)21)19(24)23-20(28)22-16-6-2-3-7-18(16)27-12-14-5-4-10-26-14/h2-3,6-9,11,14H,4-5,10,12H2,1H3,(H2,22,23,24,28). The molecule has 0 aliphatic carbocycles. The van der Waals surface area contributed by atoms with E-state index < -0.39 is 0 Å². The third-order valence-corrected chi connectivity index (χ3v) is 5.27. The lowest BCUT2D eigenvalue weighted by Crippen LogP contribution is -2.34. The van der Waals surface area contributed by atoms with E-state index in [2.05, 4.69) is 33.2 Å². The van der Waals surface area contributed by atoms with Crippen LogP contribution in [-0.4, -0.2) is 37.4 Å². The normalized spacial score (nSPS) is 15.7. The van der Waals surface area contributed by atoms with Gasteiger partial charge in [-0.1, -0.05) is 12.1 Å². The predicted molar refractivity (Wildman–Crippen MR) is 120 cm³/mol. The van der Waals surface area contributed by atoms with Gasteiger partial charge in [-0.15, -0.1) is 0 Å². The van der Waals surface area contributed by atoms with Gasteiger partial charge in [-0.25, -0.2) is 0 Å². The molecule has 0 aromatic heterocycles. The first-order valence-electron chi connectivity index (χ1n) is 8.86. The molecule has 148 valence electrons.